The molecule has 0 atom stereocenters. The van der Waals surface area contributed by atoms with Crippen LogP contribution in [0.4, 0.5) is 0 Å². The van der Waals surface area contributed by atoms with Crippen LogP contribution in [0.2, 0.25) is 0 Å². The number of esters is 1. The molecule has 140 valence electrons. The van der Waals surface area contributed by atoms with E-state index in [1.54, 1.807) is 7.11 Å². The SMILES string of the molecule is CCCCC1CCC(C(=O)N(CCCOC)CCC(=O)OC)CC1. The zero-order valence-corrected chi connectivity index (χ0v) is 15.7. The first kappa shape index (κ1) is 20.9. The molecule has 0 aromatic carbocycles. The van der Waals surface area contributed by atoms with E-state index in [1.807, 2.05) is 4.90 Å². The number of ether oxygens (including phenoxy) is 2. The normalized spacial score (nSPS) is 20.6. The first-order valence-electron chi connectivity index (χ1n) is 9.46. The topological polar surface area (TPSA) is 55.8 Å². The van der Waals surface area contributed by atoms with E-state index in [0.29, 0.717) is 19.7 Å². The summed E-state index contributed by atoms with van der Waals surface area (Å²) in [6.45, 7) is 3.96. The second-order valence-corrected chi connectivity index (χ2v) is 6.86. The second kappa shape index (κ2) is 12.3. The largest absolute Gasteiger partial charge is 0.469 e. The van der Waals surface area contributed by atoms with Gasteiger partial charge in [0.2, 0.25) is 5.91 Å². The zero-order chi connectivity index (χ0) is 17.8. The minimum absolute atomic E-state index is 0.128. The summed E-state index contributed by atoms with van der Waals surface area (Å²) >= 11 is 0. The van der Waals surface area contributed by atoms with Crippen LogP contribution >= 0.6 is 0 Å². The van der Waals surface area contributed by atoms with Crippen molar-refractivity contribution < 1.29 is 19.1 Å². The number of carbonyl (C=O) groups excluding carboxylic acids is 2. The van der Waals surface area contributed by atoms with Crippen molar-refractivity contribution in [2.45, 2.75) is 64.7 Å². The Morgan fingerprint density at radius 2 is 1.75 bits per heavy atom. The van der Waals surface area contributed by atoms with Crippen LogP contribution < -0.4 is 0 Å². The molecule has 1 amide bonds. The van der Waals surface area contributed by atoms with E-state index in [4.69, 9.17) is 9.47 Å². The molecule has 0 aromatic heterocycles. The number of amides is 1. The Bertz CT molecular complexity index is 364. The molecule has 0 radical (unpaired) electrons. The summed E-state index contributed by atoms with van der Waals surface area (Å²) in [5.74, 6) is 0.876. The fourth-order valence-corrected chi connectivity index (χ4v) is 3.51. The van der Waals surface area contributed by atoms with E-state index >= 15 is 0 Å². The van der Waals surface area contributed by atoms with Gasteiger partial charge in [0.05, 0.1) is 13.5 Å². The fourth-order valence-electron chi connectivity index (χ4n) is 3.51. The molecular weight excluding hydrogens is 306 g/mol. The lowest BCUT2D eigenvalue weighted by Crippen LogP contribution is -2.40. The van der Waals surface area contributed by atoms with Gasteiger partial charge in [0.1, 0.15) is 0 Å². The fraction of sp³-hybridized carbons (Fsp3) is 0.895. The molecule has 0 N–H and O–H groups in total. The number of hydrogen-bond acceptors (Lipinski definition) is 4. The quantitative estimate of drug-likeness (QED) is 0.427. The molecule has 0 unspecified atom stereocenters. The van der Waals surface area contributed by atoms with Crippen LogP contribution in [0.25, 0.3) is 0 Å². The zero-order valence-electron chi connectivity index (χ0n) is 15.7. The number of carbonyl (C=O) groups is 2. The molecule has 0 aliphatic heterocycles. The molecule has 1 aliphatic carbocycles. The molecule has 0 spiro atoms. The maximum Gasteiger partial charge on any atom is 0.307 e. The van der Waals surface area contributed by atoms with Crippen LogP contribution in [0.15, 0.2) is 0 Å². The van der Waals surface area contributed by atoms with E-state index in [1.165, 1.54) is 39.2 Å². The van der Waals surface area contributed by atoms with Gasteiger partial charge in [-0.05, 0) is 38.0 Å². The Morgan fingerprint density at radius 1 is 1.04 bits per heavy atom. The Morgan fingerprint density at radius 3 is 2.33 bits per heavy atom. The highest BCUT2D eigenvalue weighted by molar-refractivity contribution is 5.79. The van der Waals surface area contributed by atoms with Crippen molar-refractivity contribution in [2.75, 3.05) is 33.9 Å². The van der Waals surface area contributed by atoms with Crippen LogP contribution in [0.1, 0.15) is 64.7 Å². The summed E-state index contributed by atoms with van der Waals surface area (Å²) in [6, 6.07) is 0. The number of rotatable bonds is 11. The van der Waals surface area contributed by atoms with Gasteiger partial charge in [0.15, 0.2) is 0 Å². The van der Waals surface area contributed by atoms with E-state index in [0.717, 1.165) is 25.2 Å². The van der Waals surface area contributed by atoms with Crippen molar-refractivity contribution in [2.24, 2.45) is 11.8 Å². The van der Waals surface area contributed by atoms with E-state index < -0.39 is 0 Å². The van der Waals surface area contributed by atoms with Gasteiger partial charge in [-0.2, -0.15) is 0 Å². The molecule has 24 heavy (non-hydrogen) atoms. The van der Waals surface area contributed by atoms with Gasteiger partial charge >= 0.3 is 5.97 Å². The average Bonchev–Trinajstić information content (AvgIpc) is 2.62. The highest BCUT2D eigenvalue weighted by Gasteiger charge is 2.29. The van der Waals surface area contributed by atoms with Crippen molar-refractivity contribution in [3.8, 4) is 0 Å². The lowest BCUT2D eigenvalue weighted by molar-refractivity contribution is -0.142. The molecule has 0 saturated heterocycles. The minimum atomic E-state index is -0.261. The van der Waals surface area contributed by atoms with Crippen molar-refractivity contribution in [3.05, 3.63) is 0 Å². The van der Waals surface area contributed by atoms with Crippen LogP contribution in [-0.2, 0) is 19.1 Å². The molecular formula is C19H35NO4. The minimum Gasteiger partial charge on any atom is -0.469 e. The summed E-state index contributed by atoms with van der Waals surface area (Å²) in [5, 5.41) is 0. The van der Waals surface area contributed by atoms with E-state index in [9.17, 15) is 9.59 Å². The maximum absolute atomic E-state index is 12.8. The lowest BCUT2D eigenvalue weighted by Gasteiger charge is -2.32. The van der Waals surface area contributed by atoms with Gasteiger partial charge in [-0.25, -0.2) is 0 Å². The number of hydrogen-bond donors (Lipinski definition) is 0. The van der Waals surface area contributed by atoms with Crippen LogP contribution in [0.5, 0.6) is 0 Å². The molecule has 1 aliphatic rings. The molecule has 1 fully saturated rings. The Labute approximate surface area is 147 Å². The standard InChI is InChI=1S/C19H35NO4/c1-4-5-7-16-8-10-17(11-9-16)19(22)20(13-6-15-23-2)14-12-18(21)24-3/h16-17H,4-15H2,1-3H3. The van der Waals surface area contributed by atoms with Crippen molar-refractivity contribution >= 4 is 11.9 Å². The van der Waals surface area contributed by atoms with Crippen LogP contribution in [-0.4, -0.2) is 50.7 Å². The molecule has 0 aromatic rings. The first-order valence-corrected chi connectivity index (χ1v) is 9.46. The smallest absolute Gasteiger partial charge is 0.307 e. The average molecular weight is 341 g/mol. The van der Waals surface area contributed by atoms with Crippen molar-refractivity contribution in [1.82, 2.24) is 4.90 Å². The number of methoxy groups -OCH3 is 2. The van der Waals surface area contributed by atoms with Crippen LogP contribution in [0, 0.1) is 11.8 Å². The summed E-state index contributed by atoms with van der Waals surface area (Å²) in [4.78, 5) is 26.1. The molecule has 0 bridgehead atoms. The molecule has 5 nitrogen and oxygen atoms in total. The van der Waals surface area contributed by atoms with E-state index in [2.05, 4.69) is 6.92 Å². The van der Waals surface area contributed by atoms with Gasteiger partial charge in [0, 0.05) is 32.7 Å². The highest BCUT2D eigenvalue weighted by Crippen LogP contribution is 2.33. The molecule has 1 rings (SSSR count). The molecule has 1 saturated carbocycles. The van der Waals surface area contributed by atoms with E-state index in [-0.39, 0.29) is 24.2 Å². The third-order valence-corrected chi connectivity index (χ3v) is 5.06. The van der Waals surface area contributed by atoms with Crippen LogP contribution in [0.3, 0.4) is 0 Å². The van der Waals surface area contributed by atoms with Gasteiger partial charge in [-0.15, -0.1) is 0 Å². The van der Waals surface area contributed by atoms with Crippen molar-refractivity contribution in [3.63, 3.8) is 0 Å². The monoisotopic (exact) mass is 341 g/mol. The predicted octanol–water partition coefficient (Wildman–Crippen LogP) is 3.41. The second-order valence-electron chi connectivity index (χ2n) is 6.86. The van der Waals surface area contributed by atoms with Gasteiger partial charge in [0.25, 0.3) is 0 Å². The third-order valence-electron chi connectivity index (χ3n) is 5.06. The molecule has 5 heteroatoms. The maximum atomic E-state index is 12.8. The van der Waals surface area contributed by atoms with Gasteiger partial charge in [-0.3, -0.25) is 9.59 Å². The molecule has 0 heterocycles. The number of nitrogens with zero attached hydrogens (tertiary/aromatic N) is 1. The predicted molar refractivity (Wildman–Crippen MR) is 94.7 cm³/mol. The number of unbranched alkanes of at least 4 members (excludes halogenated alkanes) is 1. The Hall–Kier alpha value is -1.10. The highest BCUT2D eigenvalue weighted by atomic mass is 16.5. The van der Waals surface area contributed by atoms with Gasteiger partial charge < -0.3 is 14.4 Å². The Balaban J connectivity index is 2.48. The summed E-state index contributed by atoms with van der Waals surface area (Å²) in [6.07, 6.45) is 9.23. The summed E-state index contributed by atoms with van der Waals surface area (Å²) in [5.41, 5.74) is 0. The summed E-state index contributed by atoms with van der Waals surface area (Å²) < 4.78 is 9.79. The van der Waals surface area contributed by atoms with Gasteiger partial charge in [-0.1, -0.05) is 26.2 Å². The summed E-state index contributed by atoms with van der Waals surface area (Å²) in [7, 11) is 3.05. The first-order chi connectivity index (χ1) is 11.6. The third kappa shape index (κ3) is 7.65. The lowest BCUT2D eigenvalue weighted by atomic mass is 9.79. The Kier molecular flexibility index (Phi) is 10.7. The van der Waals surface area contributed by atoms with Crippen molar-refractivity contribution in [1.29, 1.82) is 0 Å².